The van der Waals surface area contributed by atoms with Crippen molar-refractivity contribution >= 4 is 5.82 Å². The van der Waals surface area contributed by atoms with E-state index in [0.717, 1.165) is 33.8 Å². The molecule has 3 N–H and O–H groups in total. The van der Waals surface area contributed by atoms with Crippen LogP contribution in [0.1, 0.15) is 5.69 Å². The summed E-state index contributed by atoms with van der Waals surface area (Å²) in [7, 11) is 1.65. The summed E-state index contributed by atoms with van der Waals surface area (Å²) in [5.41, 5.74) is 10.7. The number of benzene rings is 1. The van der Waals surface area contributed by atoms with Crippen LogP contribution in [0.3, 0.4) is 0 Å². The minimum absolute atomic E-state index is 0.497. The first kappa shape index (κ1) is 13.2. The summed E-state index contributed by atoms with van der Waals surface area (Å²) < 4.78 is 5.19. The van der Waals surface area contributed by atoms with Gasteiger partial charge in [-0.2, -0.15) is 5.10 Å². The van der Waals surface area contributed by atoms with E-state index in [1.165, 1.54) is 0 Å². The molecule has 0 aliphatic heterocycles. The number of hydrogen-bond donors (Lipinski definition) is 2. The first-order valence-corrected chi connectivity index (χ1v) is 6.61. The molecule has 2 heterocycles. The van der Waals surface area contributed by atoms with E-state index in [9.17, 15) is 0 Å². The molecule has 0 amide bonds. The van der Waals surface area contributed by atoms with Crippen molar-refractivity contribution in [1.82, 2.24) is 15.2 Å². The Balaban J connectivity index is 2.15. The second-order valence-corrected chi connectivity index (χ2v) is 4.74. The fourth-order valence-electron chi connectivity index (χ4n) is 2.35. The van der Waals surface area contributed by atoms with Gasteiger partial charge in [-0.25, -0.2) is 4.98 Å². The van der Waals surface area contributed by atoms with Crippen LogP contribution in [0.2, 0.25) is 0 Å². The third-order valence-corrected chi connectivity index (χ3v) is 3.42. The van der Waals surface area contributed by atoms with Crippen molar-refractivity contribution in [2.24, 2.45) is 0 Å². The monoisotopic (exact) mass is 280 g/mol. The van der Waals surface area contributed by atoms with E-state index < -0.39 is 0 Å². The lowest BCUT2D eigenvalue weighted by Crippen LogP contribution is -1.94. The number of nitrogens with zero attached hydrogens (tertiary/aromatic N) is 2. The van der Waals surface area contributed by atoms with Crippen LogP contribution in [0.5, 0.6) is 5.75 Å². The molecule has 3 aromatic rings. The highest BCUT2D eigenvalue weighted by molar-refractivity contribution is 5.86. The van der Waals surface area contributed by atoms with Gasteiger partial charge in [-0.3, -0.25) is 5.10 Å². The summed E-state index contributed by atoms with van der Waals surface area (Å²) in [6.45, 7) is 1.97. The number of anilines is 1. The first-order valence-electron chi connectivity index (χ1n) is 6.61. The largest absolute Gasteiger partial charge is 0.497 e. The predicted octanol–water partition coefficient (Wildman–Crippen LogP) is 3.04. The van der Waals surface area contributed by atoms with Gasteiger partial charge in [0.05, 0.1) is 7.11 Å². The Morgan fingerprint density at radius 3 is 2.57 bits per heavy atom. The number of H-pyrrole nitrogens is 1. The Kier molecular flexibility index (Phi) is 3.31. The lowest BCUT2D eigenvalue weighted by atomic mass is 10.00. The quantitative estimate of drug-likeness (QED) is 0.773. The average Bonchev–Trinajstić information content (AvgIpc) is 2.89. The minimum Gasteiger partial charge on any atom is -0.497 e. The van der Waals surface area contributed by atoms with Gasteiger partial charge < -0.3 is 10.5 Å². The number of nitrogens with one attached hydrogen (secondary N) is 1. The van der Waals surface area contributed by atoms with E-state index in [1.807, 2.05) is 43.3 Å². The topological polar surface area (TPSA) is 76.8 Å². The summed E-state index contributed by atoms with van der Waals surface area (Å²) in [4.78, 5) is 4.15. The number of methoxy groups -OCH3 is 1. The van der Waals surface area contributed by atoms with Crippen molar-refractivity contribution < 1.29 is 4.74 Å². The second kappa shape index (κ2) is 5.28. The van der Waals surface area contributed by atoms with Crippen molar-refractivity contribution in [3.8, 4) is 28.1 Å². The molecule has 0 radical (unpaired) electrons. The van der Waals surface area contributed by atoms with Gasteiger partial charge in [-0.1, -0.05) is 0 Å². The highest BCUT2D eigenvalue weighted by Gasteiger charge is 2.16. The maximum atomic E-state index is 6.00. The molecule has 0 bridgehead atoms. The lowest BCUT2D eigenvalue weighted by molar-refractivity contribution is 0.415. The number of nitrogens with two attached hydrogens (primary N) is 1. The molecule has 21 heavy (non-hydrogen) atoms. The van der Waals surface area contributed by atoms with E-state index in [4.69, 9.17) is 10.5 Å². The van der Waals surface area contributed by atoms with Crippen LogP contribution in [0.4, 0.5) is 5.82 Å². The molecule has 2 aromatic heterocycles. The smallest absolute Gasteiger partial charge is 0.131 e. The molecule has 0 fully saturated rings. The Morgan fingerprint density at radius 1 is 1.14 bits per heavy atom. The molecule has 0 unspecified atom stereocenters. The molecular weight excluding hydrogens is 264 g/mol. The third kappa shape index (κ3) is 2.33. The van der Waals surface area contributed by atoms with Gasteiger partial charge in [0.1, 0.15) is 17.3 Å². The van der Waals surface area contributed by atoms with Crippen LogP contribution in [0.15, 0.2) is 42.6 Å². The zero-order valence-electron chi connectivity index (χ0n) is 11.9. The second-order valence-electron chi connectivity index (χ2n) is 4.74. The van der Waals surface area contributed by atoms with Gasteiger partial charge in [0.25, 0.3) is 0 Å². The lowest BCUT2D eigenvalue weighted by Gasteiger charge is -2.07. The highest BCUT2D eigenvalue weighted by Crippen LogP contribution is 2.35. The number of aromatic amines is 1. The molecular formula is C16H16N4O. The zero-order valence-corrected chi connectivity index (χ0v) is 11.9. The normalized spacial score (nSPS) is 10.6. The summed E-state index contributed by atoms with van der Waals surface area (Å²) in [6.07, 6.45) is 1.68. The Morgan fingerprint density at radius 2 is 1.90 bits per heavy atom. The molecule has 3 rings (SSSR count). The number of pyridine rings is 1. The van der Waals surface area contributed by atoms with Crippen molar-refractivity contribution in [3.63, 3.8) is 0 Å². The highest BCUT2D eigenvalue weighted by atomic mass is 16.5. The van der Waals surface area contributed by atoms with E-state index in [1.54, 1.807) is 13.3 Å². The van der Waals surface area contributed by atoms with E-state index in [-0.39, 0.29) is 0 Å². The molecule has 0 saturated heterocycles. The summed E-state index contributed by atoms with van der Waals surface area (Å²) >= 11 is 0. The van der Waals surface area contributed by atoms with Crippen LogP contribution in [-0.4, -0.2) is 22.3 Å². The van der Waals surface area contributed by atoms with Crippen molar-refractivity contribution in [2.75, 3.05) is 12.8 Å². The van der Waals surface area contributed by atoms with Gasteiger partial charge in [0.15, 0.2) is 0 Å². The SMILES string of the molecule is COc1ccc(-c2n[nH]c(C)c2-c2cccnc2N)cc1. The number of aromatic nitrogens is 3. The zero-order chi connectivity index (χ0) is 14.8. The summed E-state index contributed by atoms with van der Waals surface area (Å²) in [5.74, 6) is 1.31. The Bertz CT molecular complexity index is 762. The summed E-state index contributed by atoms with van der Waals surface area (Å²) in [6, 6.07) is 11.6. The van der Waals surface area contributed by atoms with Crippen LogP contribution >= 0.6 is 0 Å². The van der Waals surface area contributed by atoms with Gasteiger partial charge in [-0.15, -0.1) is 0 Å². The molecule has 5 heteroatoms. The van der Waals surface area contributed by atoms with Gasteiger partial charge in [0.2, 0.25) is 0 Å². The fraction of sp³-hybridized carbons (Fsp3) is 0.125. The molecule has 0 saturated carbocycles. The Labute approximate surface area is 122 Å². The fourth-order valence-corrected chi connectivity index (χ4v) is 2.35. The van der Waals surface area contributed by atoms with E-state index in [2.05, 4.69) is 15.2 Å². The molecule has 1 aromatic carbocycles. The maximum absolute atomic E-state index is 6.00. The third-order valence-electron chi connectivity index (χ3n) is 3.42. The van der Waals surface area contributed by atoms with Crippen molar-refractivity contribution in [1.29, 1.82) is 0 Å². The van der Waals surface area contributed by atoms with Crippen LogP contribution in [0, 0.1) is 6.92 Å². The molecule has 0 aliphatic carbocycles. The van der Waals surface area contributed by atoms with Crippen molar-refractivity contribution in [3.05, 3.63) is 48.3 Å². The molecule has 0 spiro atoms. The standard InChI is InChI=1S/C16H16N4O/c1-10-14(13-4-3-9-18-16(13)17)15(20-19-10)11-5-7-12(21-2)8-6-11/h3-9H,1-2H3,(H2,17,18)(H,19,20). The van der Waals surface area contributed by atoms with Crippen molar-refractivity contribution in [2.45, 2.75) is 6.92 Å². The number of hydrogen-bond acceptors (Lipinski definition) is 4. The predicted molar refractivity (Wildman–Crippen MR) is 83.0 cm³/mol. The maximum Gasteiger partial charge on any atom is 0.131 e. The number of ether oxygens (including phenoxy) is 1. The molecule has 0 aliphatic rings. The molecule has 5 nitrogen and oxygen atoms in total. The average molecular weight is 280 g/mol. The first-order chi connectivity index (χ1) is 10.2. The number of aryl methyl sites for hydroxylation is 1. The van der Waals surface area contributed by atoms with Crippen LogP contribution < -0.4 is 10.5 Å². The van der Waals surface area contributed by atoms with Gasteiger partial charge in [-0.05, 0) is 43.3 Å². The summed E-state index contributed by atoms with van der Waals surface area (Å²) in [5, 5.41) is 7.44. The van der Waals surface area contributed by atoms with Crippen LogP contribution in [0.25, 0.3) is 22.4 Å². The van der Waals surface area contributed by atoms with Gasteiger partial charge in [0, 0.05) is 28.6 Å². The number of nitrogen functional groups attached to an aromatic ring is 1. The van der Waals surface area contributed by atoms with E-state index in [0.29, 0.717) is 5.82 Å². The molecule has 0 atom stereocenters. The van der Waals surface area contributed by atoms with Crippen LogP contribution in [-0.2, 0) is 0 Å². The number of rotatable bonds is 3. The van der Waals surface area contributed by atoms with E-state index >= 15 is 0 Å². The Hall–Kier alpha value is -2.82. The molecule has 106 valence electrons. The minimum atomic E-state index is 0.497. The van der Waals surface area contributed by atoms with Gasteiger partial charge >= 0.3 is 0 Å².